The SMILES string of the molecule is CNc1cccc(CCCc2noc(C(C3=COCO3)C(CC(=O)O)Cc3ccccc3)n2)n1. The molecule has 4 rings (SSSR count). The van der Waals surface area contributed by atoms with Crippen molar-refractivity contribution in [2.75, 3.05) is 19.2 Å². The molecule has 0 radical (unpaired) electrons. The minimum absolute atomic E-state index is 0.0779. The molecule has 178 valence electrons. The molecule has 2 aromatic heterocycles. The number of carbonyl (C=O) groups is 1. The zero-order valence-corrected chi connectivity index (χ0v) is 19.0. The molecule has 3 heterocycles. The van der Waals surface area contributed by atoms with Crippen LogP contribution in [-0.2, 0) is 33.5 Å². The van der Waals surface area contributed by atoms with Crippen LogP contribution < -0.4 is 5.32 Å². The van der Waals surface area contributed by atoms with Gasteiger partial charge in [0.1, 0.15) is 23.8 Å². The maximum Gasteiger partial charge on any atom is 0.303 e. The number of aryl methyl sites for hydroxylation is 2. The third kappa shape index (κ3) is 6.12. The van der Waals surface area contributed by atoms with Gasteiger partial charge < -0.3 is 24.4 Å². The summed E-state index contributed by atoms with van der Waals surface area (Å²) in [5.74, 6) is 0.468. The van der Waals surface area contributed by atoms with Gasteiger partial charge in [-0.05, 0) is 42.9 Å². The van der Waals surface area contributed by atoms with Crippen LogP contribution in [0.5, 0.6) is 0 Å². The van der Waals surface area contributed by atoms with Crippen molar-refractivity contribution in [3.8, 4) is 0 Å². The van der Waals surface area contributed by atoms with Crippen molar-refractivity contribution in [2.45, 2.75) is 38.0 Å². The molecule has 9 nitrogen and oxygen atoms in total. The summed E-state index contributed by atoms with van der Waals surface area (Å²) in [6.07, 6.45) is 4.14. The third-order valence-corrected chi connectivity index (χ3v) is 5.69. The Morgan fingerprint density at radius 1 is 1.12 bits per heavy atom. The monoisotopic (exact) mass is 464 g/mol. The van der Waals surface area contributed by atoms with Crippen LogP contribution >= 0.6 is 0 Å². The van der Waals surface area contributed by atoms with E-state index in [9.17, 15) is 9.90 Å². The lowest BCUT2D eigenvalue weighted by atomic mass is 9.83. The summed E-state index contributed by atoms with van der Waals surface area (Å²) in [4.78, 5) is 20.8. The van der Waals surface area contributed by atoms with Crippen molar-refractivity contribution in [3.05, 3.63) is 83.5 Å². The fourth-order valence-corrected chi connectivity index (χ4v) is 4.10. The Balaban J connectivity index is 1.50. The summed E-state index contributed by atoms with van der Waals surface area (Å²) >= 11 is 0. The first-order valence-electron chi connectivity index (χ1n) is 11.3. The van der Waals surface area contributed by atoms with E-state index in [1.807, 2.05) is 55.6 Å². The number of pyridine rings is 1. The highest BCUT2D eigenvalue weighted by atomic mass is 16.7. The molecule has 0 saturated carbocycles. The number of carboxylic acid groups (broad SMARTS) is 1. The van der Waals surface area contributed by atoms with Crippen LogP contribution in [0.25, 0.3) is 0 Å². The van der Waals surface area contributed by atoms with E-state index in [2.05, 4.69) is 20.4 Å². The molecule has 9 heteroatoms. The van der Waals surface area contributed by atoms with Crippen LogP contribution in [0.4, 0.5) is 5.82 Å². The van der Waals surface area contributed by atoms with Crippen LogP contribution in [0.15, 0.2) is 65.1 Å². The molecule has 2 atom stereocenters. The van der Waals surface area contributed by atoms with Gasteiger partial charge in [-0.3, -0.25) is 4.79 Å². The fraction of sp³-hybridized carbons (Fsp3) is 0.360. The van der Waals surface area contributed by atoms with Gasteiger partial charge in [0.25, 0.3) is 0 Å². The predicted octanol–water partition coefficient (Wildman–Crippen LogP) is 3.94. The van der Waals surface area contributed by atoms with Gasteiger partial charge in [-0.2, -0.15) is 4.98 Å². The zero-order valence-electron chi connectivity index (χ0n) is 19.0. The highest BCUT2D eigenvalue weighted by Gasteiger charge is 2.36. The smallest absolute Gasteiger partial charge is 0.303 e. The second-order valence-corrected chi connectivity index (χ2v) is 8.14. The lowest BCUT2D eigenvalue weighted by molar-refractivity contribution is -0.138. The highest BCUT2D eigenvalue weighted by molar-refractivity contribution is 5.67. The second-order valence-electron chi connectivity index (χ2n) is 8.14. The van der Waals surface area contributed by atoms with Crippen LogP contribution in [-0.4, -0.2) is 40.0 Å². The Bertz CT molecular complexity index is 1120. The van der Waals surface area contributed by atoms with E-state index in [0.717, 1.165) is 29.9 Å². The van der Waals surface area contributed by atoms with Crippen molar-refractivity contribution in [3.63, 3.8) is 0 Å². The molecule has 2 unspecified atom stereocenters. The van der Waals surface area contributed by atoms with Gasteiger partial charge in [-0.15, -0.1) is 0 Å². The number of nitrogens with zero attached hydrogens (tertiary/aromatic N) is 3. The largest absolute Gasteiger partial charge is 0.481 e. The average molecular weight is 465 g/mol. The Labute approximate surface area is 197 Å². The molecular weight excluding hydrogens is 436 g/mol. The van der Waals surface area contributed by atoms with Crippen LogP contribution in [0.3, 0.4) is 0 Å². The molecule has 2 N–H and O–H groups in total. The van der Waals surface area contributed by atoms with Crippen molar-refractivity contribution >= 4 is 11.8 Å². The van der Waals surface area contributed by atoms with Crippen molar-refractivity contribution in [1.82, 2.24) is 15.1 Å². The van der Waals surface area contributed by atoms with Crippen molar-refractivity contribution in [2.24, 2.45) is 5.92 Å². The van der Waals surface area contributed by atoms with E-state index in [-0.39, 0.29) is 19.1 Å². The lowest BCUT2D eigenvalue weighted by Gasteiger charge is -2.23. The van der Waals surface area contributed by atoms with Crippen LogP contribution in [0.2, 0.25) is 0 Å². The first kappa shape index (κ1) is 23.3. The Morgan fingerprint density at radius 2 is 1.97 bits per heavy atom. The molecule has 0 spiro atoms. The van der Waals surface area contributed by atoms with E-state index in [1.54, 1.807) is 0 Å². The molecule has 0 bridgehead atoms. The standard InChI is InChI=1S/C25H28N4O5/c1-26-21-11-5-9-19(27-21)10-6-12-22-28-25(34-29-22)24(20-15-32-16-33-20)18(14-23(30)31)13-17-7-3-2-4-8-17/h2-5,7-9,11,15,18,24H,6,10,12-14,16H2,1H3,(H,26,27)(H,30,31). The summed E-state index contributed by atoms with van der Waals surface area (Å²) in [6, 6.07) is 15.6. The number of rotatable bonds is 12. The van der Waals surface area contributed by atoms with Gasteiger partial charge in [0.05, 0.1) is 0 Å². The number of aromatic nitrogens is 3. The Morgan fingerprint density at radius 3 is 2.71 bits per heavy atom. The third-order valence-electron chi connectivity index (χ3n) is 5.69. The molecule has 0 fully saturated rings. The van der Waals surface area contributed by atoms with Gasteiger partial charge in [0.2, 0.25) is 12.7 Å². The van der Waals surface area contributed by atoms with E-state index in [1.165, 1.54) is 6.26 Å². The summed E-state index contributed by atoms with van der Waals surface area (Å²) in [6.45, 7) is 0.0800. The summed E-state index contributed by atoms with van der Waals surface area (Å²) in [5, 5.41) is 16.8. The van der Waals surface area contributed by atoms with Crippen molar-refractivity contribution in [1.29, 1.82) is 0 Å². The number of carboxylic acids is 1. The molecule has 1 aromatic carbocycles. The van der Waals surface area contributed by atoms with E-state index in [4.69, 9.17) is 14.0 Å². The number of benzene rings is 1. The normalized spacial score (nSPS) is 14.6. The van der Waals surface area contributed by atoms with Crippen LogP contribution in [0, 0.1) is 5.92 Å². The van der Waals surface area contributed by atoms with Gasteiger partial charge in [0.15, 0.2) is 5.82 Å². The van der Waals surface area contributed by atoms with Gasteiger partial charge in [-0.25, -0.2) is 4.98 Å². The van der Waals surface area contributed by atoms with Crippen LogP contribution in [0.1, 0.15) is 41.7 Å². The number of anilines is 1. The first-order chi connectivity index (χ1) is 16.6. The molecule has 1 aliphatic heterocycles. The Hall–Kier alpha value is -3.88. The quantitative estimate of drug-likeness (QED) is 0.410. The molecule has 1 aliphatic rings. The number of ether oxygens (including phenoxy) is 2. The molecule has 0 saturated heterocycles. The highest BCUT2D eigenvalue weighted by Crippen LogP contribution is 2.37. The Kier molecular flexibility index (Phi) is 7.75. The first-order valence-corrected chi connectivity index (χ1v) is 11.3. The summed E-state index contributed by atoms with van der Waals surface area (Å²) < 4.78 is 16.5. The second kappa shape index (κ2) is 11.3. The van der Waals surface area contributed by atoms with Gasteiger partial charge >= 0.3 is 5.97 Å². The maximum absolute atomic E-state index is 11.7. The number of hydrogen-bond donors (Lipinski definition) is 2. The lowest BCUT2D eigenvalue weighted by Crippen LogP contribution is -2.22. The predicted molar refractivity (Wildman–Crippen MR) is 124 cm³/mol. The van der Waals surface area contributed by atoms with Gasteiger partial charge in [-0.1, -0.05) is 41.6 Å². The molecule has 0 aliphatic carbocycles. The fourth-order valence-electron chi connectivity index (χ4n) is 4.10. The number of hydrogen-bond acceptors (Lipinski definition) is 8. The minimum Gasteiger partial charge on any atom is -0.481 e. The molecule has 34 heavy (non-hydrogen) atoms. The maximum atomic E-state index is 11.7. The van der Waals surface area contributed by atoms with E-state index >= 15 is 0 Å². The number of nitrogens with one attached hydrogen (secondary N) is 1. The number of aliphatic carboxylic acids is 1. The van der Waals surface area contributed by atoms with Crippen molar-refractivity contribution < 1.29 is 23.9 Å². The molecule has 3 aromatic rings. The number of allylic oxidation sites excluding steroid dienone is 1. The minimum atomic E-state index is -0.901. The average Bonchev–Trinajstić information content (AvgIpc) is 3.53. The van der Waals surface area contributed by atoms with E-state index < -0.39 is 11.9 Å². The topological polar surface area (TPSA) is 120 Å². The zero-order chi connectivity index (χ0) is 23.8. The molecule has 0 amide bonds. The summed E-state index contributed by atoms with van der Waals surface area (Å²) in [7, 11) is 1.84. The molecular formula is C25H28N4O5. The van der Waals surface area contributed by atoms with Gasteiger partial charge in [0, 0.05) is 25.6 Å². The van der Waals surface area contributed by atoms with E-state index in [0.29, 0.717) is 30.3 Å². The summed E-state index contributed by atoms with van der Waals surface area (Å²) in [5.41, 5.74) is 2.01.